The smallest absolute Gasteiger partial charge is 0.0194 e. The van der Waals surface area contributed by atoms with E-state index in [2.05, 4.69) is 13.8 Å². The van der Waals surface area contributed by atoms with E-state index in [1.165, 1.54) is 29.6 Å². The maximum Gasteiger partial charge on any atom is -0.0194 e. The van der Waals surface area contributed by atoms with E-state index in [4.69, 9.17) is 0 Å². The molecule has 9 atom stereocenters. The topological polar surface area (TPSA) is 0 Å². The van der Waals surface area contributed by atoms with Crippen LogP contribution in [-0.4, -0.2) is 0 Å². The number of hydrogen-bond donors (Lipinski definition) is 0. The predicted octanol–water partition coefficient (Wildman–Crippen LogP) is 3.71. The van der Waals surface area contributed by atoms with Crippen LogP contribution in [-0.2, 0) is 0 Å². The summed E-state index contributed by atoms with van der Waals surface area (Å²) in [5.74, 6) is 7.11. The molecule has 0 aromatic rings. The third-order valence-corrected chi connectivity index (χ3v) is 9.09. The molecule has 0 aromatic heterocycles. The van der Waals surface area contributed by atoms with Crippen LogP contribution in [0.2, 0.25) is 0 Å². The van der Waals surface area contributed by atoms with Gasteiger partial charge in [-0.25, -0.2) is 0 Å². The van der Waals surface area contributed by atoms with Crippen molar-refractivity contribution in [2.24, 2.45) is 51.8 Å². The molecule has 9 unspecified atom stereocenters. The maximum absolute atomic E-state index is 2.71. The molecule has 0 saturated heterocycles. The molecule has 5 bridgehead atoms. The molecule has 0 aliphatic heterocycles. The van der Waals surface area contributed by atoms with E-state index in [9.17, 15) is 0 Å². The van der Waals surface area contributed by atoms with Gasteiger partial charge in [-0.15, -0.1) is 0 Å². The lowest BCUT2D eigenvalue weighted by molar-refractivity contribution is -0.445. The molecule has 0 N–H and O–H groups in total. The first-order chi connectivity index (χ1) is 7.60. The van der Waals surface area contributed by atoms with E-state index in [1.807, 2.05) is 0 Å². The first kappa shape index (κ1) is 8.16. The van der Waals surface area contributed by atoms with Gasteiger partial charge in [0.05, 0.1) is 0 Å². The normalized spacial score (nSPS) is 84.4. The predicted molar refractivity (Wildman–Crippen MR) is 62.7 cm³/mol. The fraction of sp³-hybridized carbons (Fsp3) is 1.00. The van der Waals surface area contributed by atoms with Crippen LogP contribution in [0, 0.1) is 51.8 Å². The van der Waals surface area contributed by atoms with Gasteiger partial charge in [-0.05, 0) is 83.9 Å². The molecule has 7 fully saturated rings. The Morgan fingerprint density at radius 1 is 1.00 bits per heavy atom. The average molecular weight is 214 g/mol. The zero-order chi connectivity index (χ0) is 10.5. The van der Waals surface area contributed by atoms with E-state index in [0.717, 1.165) is 22.2 Å². The number of rotatable bonds is 0. The summed E-state index contributed by atoms with van der Waals surface area (Å²) in [7, 11) is 0. The van der Waals surface area contributed by atoms with E-state index in [1.54, 1.807) is 32.1 Å². The molecule has 0 amide bonds. The molecule has 0 radical (unpaired) electrons. The van der Waals surface area contributed by atoms with Crippen molar-refractivity contribution in [1.82, 2.24) is 0 Å². The zero-order valence-electron chi connectivity index (χ0n) is 10.5. The van der Waals surface area contributed by atoms with Gasteiger partial charge >= 0.3 is 0 Å². The van der Waals surface area contributed by atoms with Gasteiger partial charge in [-0.2, -0.15) is 0 Å². The molecule has 86 valence electrons. The quantitative estimate of drug-likeness (QED) is 0.576. The molecule has 0 nitrogen and oxygen atoms in total. The monoisotopic (exact) mass is 214 g/mol. The van der Waals surface area contributed by atoms with E-state index in [0.29, 0.717) is 0 Å². The number of fused-ring (bicyclic) bond motifs is 2. The molecular formula is C16H22. The van der Waals surface area contributed by atoms with Crippen LogP contribution < -0.4 is 0 Å². The first-order valence-electron chi connectivity index (χ1n) is 7.60. The van der Waals surface area contributed by atoms with Gasteiger partial charge in [0.2, 0.25) is 0 Å². The Bertz CT molecular complexity index is 435. The standard InChI is InChI=1S/C16H22/c1-14-5-9-6-16(7-14)13(14)12-10-3-8(9)4-11(10)15(12,16)2/h8-13H,3-7H2,1-2H3. The van der Waals surface area contributed by atoms with Gasteiger partial charge in [-0.3, -0.25) is 0 Å². The second kappa shape index (κ2) is 1.75. The largest absolute Gasteiger partial charge is 0.0593 e. The second-order valence-electron chi connectivity index (χ2n) is 8.94. The summed E-state index contributed by atoms with van der Waals surface area (Å²) in [6.07, 6.45) is 8.21. The minimum absolute atomic E-state index is 0.819. The fourth-order valence-corrected chi connectivity index (χ4v) is 9.22. The summed E-state index contributed by atoms with van der Waals surface area (Å²) in [6.45, 7) is 5.37. The Morgan fingerprint density at radius 2 is 1.88 bits per heavy atom. The molecule has 1 spiro atoms. The van der Waals surface area contributed by atoms with Crippen molar-refractivity contribution in [3.8, 4) is 0 Å². The van der Waals surface area contributed by atoms with Crippen LogP contribution >= 0.6 is 0 Å². The summed E-state index contributed by atoms with van der Waals surface area (Å²) >= 11 is 0. The molecule has 7 rings (SSSR count). The first-order valence-corrected chi connectivity index (χ1v) is 7.60. The van der Waals surface area contributed by atoms with Crippen LogP contribution in [0.1, 0.15) is 46.0 Å². The van der Waals surface area contributed by atoms with Gasteiger partial charge in [-0.1, -0.05) is 13.8 Å². The molecule has 16 heavy (non-hydrogen) atoms. The Balaban J connectivity index is 1.67. The van der Waals surface area contributed by atoms with Crippen LogP contribution in [0.25, 0.3) is 0 Å². The van der Waals surface area contributed by atoms with Gasteiger partial charge < -0.3 is 0 Å². The molecule has 0 heteroatoms. The summed E-state index contributed by atoms with van der Waals surface area (Å²) in [5, 5.41) is 0. The summed E-state index contributed by atoms with van der Waals surface area (Å²) in [6, 6.07) is 0. The lowest BCUT2D eigenvalue weighted by atomic mass is 9.12. The van der Waals surface area contributed by atoms with Gasteiger partial charge in [0.25, 0.3) is 0 Å². The van der Waals surface area contributed by atoms with Crippen molar-refractivity contribution in [2.75, 3.05) is 0 Å². The molecule has 0 aromatic carbocycles. The average Bonchev–Trinajstić information content (AvgIpc) is 2.64. The minimum atomic E-state index is 0.819. The Morgan fingerprint density at radius 3 is 2.75 bits per heavy atom. The Labute approximate surface area is 98.2 Å². The lowest BCUT2D eigenvalue weighted by Gasteiger charge is -2.92. The van der Waals surface area contributed by atoms with Gasteiger partial charge in [0, 0.05) is 0 Å². The van der Waals surface area contributed by atoms with Crippen molar-refractivity contribution in [3.05, 3.63) is 0 Å². The lowest BCUT2D eigenvalue weighted by Crippen LogP contribution is -2.87. The second-order valence-corrected chi connectivity index (χ2v) is 8.94. The maximum atomic E-state index is 2.71. The highest BCUT2D eigenvalue weighted by Gasteiger charge is 2.91. The van der Waals surface area contributed by atoms with Crippen molar-refractivity contribution in [3.63, 3.8) is 0 Å². The molecular weight excluding hydrogens is 192 g/mol. The molecule has 0 heterocycles. The van der Waals surface area contributed by atoms with Crippen LogP contribution in [0.3, 0.4) is 0 Å². The highest BCUT2D eigenvalue weighted by atomic mass is 15.0. The van der Waals surface area contributed by atoms with Crippen molar-refractivity contribution < 1.29 is 0 Å². The fourth-order valence-electron chi connectivity index (χ4n) is 9.22. The zero-order valence-corrected chi connectivity index (χ0v) is 10.5. The number of hydrogen-bond acceptors (Lipinski definition) is 0. The Hall–Kier alpha value is 0. The third-order valence-electron chi connectivity index (χ3n) is 9.09. The van der Waals surface area contributed by atoms with Crippen molar-refractivity contribution in [1.29, 1.82) is 0 Å². The van der Waals surface area contributed by atoms with Crippen LogP contribution in [0.15, 0.2) is 0 Å². The molecule has 7 aliphatic carbocycles. The highest BCUT2D eigenvalue weighted by molar-refractivity contribution is 5.39. The van der Waals surface area contributed by atoms with Crippen LogP contribution in [0.5, 0.6) is 0 Å². The van der Waals surface area contributed by atoms with Crippen LogP contribution in [0.4, 0.5) is 0 Å². The van der Waals surface area contributed by atoms with E-state index >= 15 is 0 Å². The summed E-state index contributed by atoms with van der Waals surface area (Å²) < 4.78 is 0. The van der Waals surface area contributed by atoms with E-state index in [-0.39, 0.29) is 0 Å². The van der Waals surface area contributed by atoms with Crippen molar-refractivity contribution in [2.45, 2.75) is 46.0 Å². The SMILES string of the molecule is CC12CC3CC4(C1)C2C1C2CC3CC2C14C. The molecule has 7 aliphatic rings. The Kier molecular flexibility index (Phi) is 0.892. The van der Waals surface area contributed by atoms with Gasteiger partial charge in [0.1, 0.15) is 0 Å². The highest BCUT2D eigenvalue weighted by Crippen LogP contribution is 2.97. The third kappa shape index (κ3) is 0.444. The van der Waals surface area contributed by atoms with Crippen molar-refractivity contribution >= 4 is 0 Å². The summed E-state index contributed by atoms with van der Waals surface area (Å²) in [4.78, 5) is 0. The summed E-state index contributed by atoms with van der Waals surface area (Å²) in [5.41, 5.74) is 2.57. The molecule has 7 saturated carbocycles. The minimum Gasteiger partial charge on any atom is -0.0593 e. The van der Waals surface area contributed by atoms with Gasteiger partial charge in [0.15, 0.2) is 0 Å². The van der Waals surface area contributed by atoms with E-state index < -0.39 is 0 Å².